The highest BCUT2D eigenvalue weighted by Crippen LogP contribution is 2.25. The van der Waals surface area contributed by atoms with E-state index in [1.165, 1.54) is 24.3 Å². The molecule has 0 saturated carbocycles. The van der Waals surface area contributed by atoms with Crippen LogP contribution < -0.4 is 0 Å². The SMILES string of the molecule is O=C(/C=C/c1cn(-c2ccccc2)nc1-c1ccccc1)c1ccccc1[N+](=O)[O-]. The number of nitrogens with zero attached hydrogens (tertiary/aromatic N) is 3. The number of benzene rings is 3. The Hall–Kier alpha value is -4.32. The molecule has 0 unspecified atom stereocenters. The molecule has 0 aliphatic rings. The van der Waals surface area contributed by atoms with Crippen LogP contribution in [0.25, 0.3) is 23.0 Å². The lowest BCUT2D eigenvalue weighted by molar-refractivity contribution is -0.385. The number of hydrogen-bond acceptors (Lipinski definition) is 4. The number of nitro benzene ring substituents is 1. The number of allylic oxidation sites excluding steroid dienone is 1. The van der Waals surface area contributed by atoms with Gasteiger partial charge in [0.1, 0.15) is 0 Å². The molecule has 6 heteroatoms. The lowest BCUT2D eigenvalue weighted by atomic mass is 10.1. The second kappa shape index (κ2) is 8.36. The second-order valence-corrected chi connectivity index (χ2v) is 6.55. The quantitative estimate of drug-likeness (QED) is 0.191. The minimum absolute atomic E-state index is 0.0514. The summed E-state index contributed by atoms with van der Waals surface area (Å²) in [7, 11) is 0. The Balaban J connectivity index is 1.74. The lowest BCUT2D eigenvalue weighted by Gasteiger charge is -2.00. The minimum Gasteiger partial charge on any atom is -0.289 e. The summed E-state index contributed by atoms with van der Waals surface area (Å²) in [4.78, 5) is 23.3. The molecule has 0 amide bonds. The van der Waals surface area contributed by atoms with Gasteiger partial charge < -0.3 is 0 Å². The van der Waals surface area contributed by atoms with Crippen molar-refractivity contribution in [3.8, 4) is 16.9 Å². The summed E-state index contributed by atoms with van der Waals surface area (Å²) in [5, 5.41) is 15.9. The molecular weight excluding hydrogens is 378 g/mol. The topological polar surface area (TPSA) is 78.0 Å². The van der Waals surface area contributed by atoms with Gasteiger partial charge in [-0.3, -0.25) is 14.9 Å². The third-order valence-electron chi connectivity index (χ3n) is 4.59. The zero-order valence-electron chi connectivity index (χ0n) is 15.9. The Labute approximate surface area is 172 Å². The second-order valence-electron chi connectivity index (χ2n) is 6.55. The molecule has 1 heterocycles. The fraction of sp³-hybridized carbons (Fsp3) is 0. The summed E-state index contributed by atoms with van der Waals surface area (Å²) in [6, 6.07) is 25.2. The molecule has 0 atom stereocenters. The van der Waals surface area contributed by atoms with Gasteiger partial charge in [0.2, 0.25) is 0 Å². The summed E-state index contributed by atoms with van der Waals surface area (Å²) in [6.45, 7) is 0. The van der Waals surface area contributed by atoms with E-state index >= 15 is 0 Å². The number of para-hydroxylation sites is 2. The van der Waals surface area contributed by atoms with Crippen molar-refractivity contribution in [2.24, 2.45) is 0 Å². The number of carbonyl (C=O) groups is 1. The van der Waals surface area contributed by atoms with E-state index in [1.807, 2.05) is 66.9 Å². The molecule has 4 aromatic rings. The van der Waals surface area contributed by atoms with Crippen LogP contribution in [0.1, 0.15) is 15.9 Å². The maximum atomic E-state index is 12.6. The molecule has 0 N–H and O–H groups in total. The van der Waals surface area contributed by atoms with Crippen LogP contribution in [0.4, 0.5) is 5.69 Å². The summed E-state index contributed by atoms with van der Waals surface area (Å²) in [6.07, 6.45) is 4.83. The summed E-state index contributed by atoms with van der Waals surface area (Å²) in [5.74, 6) is -0.436. The summed E-state index contributed by atoms with van der Waals surface area (Å²) in [5.41, 5.74) is 3.08. The van der Waals surface area contributed by atoms with Gasteiger partial charge in [-0.15, -0.1) is 0 Å². The van der Waals surface area contributed by atoms with Gasteiger partial charge in [0.15, 0.2) is 5.78 Å². The van der Waals surface area contributed by atoms with Crippen molar-refractivity contribution in [1.82, 2.24) is 9.78 Å². The van der Waals surface area contributed by atoms with Crippen molar-refractivity contribution in [3.63, 3.8) is 0 Å². The molecule has 0 bridgehead atoms. The molecule has 4 rings (SSSR count). The predicted molar refractivity (Wildman–Crippen MR) is 115 cm³/mol. The van der Waals surface area contributed by atoms with Crippen LogP contribution in [-0.4, -0.2) is 20.5 Å². The van der Waals surface area contributed by atoms with E-state index in [9.17, 15) is 14.9 Å². The molecular formula is C24H17N3O3. The average Bonchev–Trinajstić information content (AvgIpc) is 3.23. The largest absolute Gasteiger partial charge is 0.289 e. The van der Waals surface area contributed by atoms with Crippen molar-refractivity contribution in [2.75, 3.05) is 0 Å². The third kappa shape index (κ3) is 3.93. The van der Waals surface area contributed by atoms with Gasteiger partial charge in [-0.05, 0) is 30.4 Å². The minimum atomic E-state index is -0.552. The van der Waals surface area contributed by atoms with Crippen LogP contribution in [0.5, 0.6) is 0 Å². The van der Waals surface area contributed by atoms with Gasteiger partial charge in [-0.2, -0.15) is 5.10 Å². The van der Waals surface area contributed by atoms with Crippen molar-refractivity contribution in [3.05, 3.63) is 118 Å². The maximum absolute atomic E-state index is 12.6. The molecule has 0 spiro atoms. The van der Waals surface area contributed by atoms with Crippen LogP contribution in [-0.2, 0) is 0 Å². The molecule has 0 radical (unpaired) electrons. The zero-order chi connectivity index (χ0) is 20.9. The molecule has 6 nitrogen and oxygen atoms in total. The Morgan fingerprint density at radius 2 is 1.53 bits per heavy atom. The molecule has 0 aliphatic heterocycles. The van der Waals surface area contributed by atoms with Gasteiger partial charge in [-0.25, -0.2) is 4.68 Å². The normalized spacial score (nSPS) is 10.9. The van der Waals surface area contributed by atoms with Gasteiger partial charge in [-0.1, -0.05) is 60.7 Å². The van der Waals surface area contributed by atoms with E-state index < -0.39 is 10.7 Å². The summed E-state index contributed by atoms with van der Waals surface area (Å²) >= 11 is 0. The smallest absolute Gasteiger partial charge is 0.280 e. The Morgan fingerprint density at radius 3 is 2.23 bits per heavy atom. The van der Waals surface area contributed by atoms with Crippen molar-refractivity contribution < 1.29 is 9.72 Å². The standard InChI is InChI=1S/C24H17N3O3/c28-23(21-13-7-8-14-22(21)27(29)30)16-15-19-17-26(20-11-5-2-6-12-20)25-24(19)18-9-3-1-4-10-18/h1-17H/b16-15+. The first-order valence-electron chi connectivity index (χ1n) is 9.30. The fourth-order valence-corrected chi connectivity index (χ4v) is 3.14. The van der Waals surface area contributed by atoms with Gasteiger partial charge in [0.25, 0.3) is 5.69 Å². The number of hydrogen-bond donors (Lipinski definition) is 0. The van der Waals surface area contributed by atoms with Gasteiger partial charge >= 0.3 is 0 Å². The highest BCUT2D eigenvalue weighted by atomic mass is 16.6. The maximum Gasteiger partial charge on any atom is 0.280 e. The number of rotatable bonds is 6. The number of aromatic nitrogens is 2. The van der Waals surface area contributed by atoms with E-state index in [2.05, 4.69) is 0 Å². The number of carbonyl (C=O) groups excluding carboxylic acids is 1. The summed E-state index contributed by atoms with van der Waals surface area (Å²) < 4.78 is 1.75. The highest BCUT2D eigenvalue weighted by Gasteiger charge is 2.17. The van der Waals surface area contributed by atoms with E-state index in [-0.39, 0.29) is 11.3 Å². The zero-order valence-corrected chi connectivity index (χ0v) is 15.9. The Bertz CT molecular complexity index is 1230. The van der Waals surface area contributed by atoms with Gasteiger partial charge in [0.05, 0.1) is 21.9 Å². The van der Waals surface area contributed by atoms with E-state index in [0.717, 1.165) is 16.8 Å². The highest BCUT2D eigenvalue weighted by molar-refractivity contribution is 6.09. The Morgan fingerprint density at radius 1 is 0.900 bits per heavy atom. The first-order chi connectivity index (χ1) is 14.6. The van der Waals surface area contributed by atoms with Crippen LogP contribution in [0, 0.1) is 10.1 Å². The molecule has 0 saturated heterocycles. The Kier molecular flexibility index (Phi) is 5.30. The van der Waals surface area contributed by atoms with Gasteiger partial charge in [0, 0.05) is 23.4 Å². The molecule has 146 valence electrons. The molecule has 1 aromatic heterocycles. The van der Waals surface area contributed by atoms with E-state index in [4.69, 9.17) is 5.10 Å². The van der Waals surface area contributed by atoms with Crippen LogP contribution in [0.15, 0.2) is 97.2 Å². The lowest BCUT2D eigenvalue weighted by Crippen LogP contribution is -2.00. The monoisotopic (exact) mass is 395 g/mol. The van der Waals surface area contributed by atoms with E-state index in [0.29, 0.717) is 5.69 Å². The first kappa shape index (κ1) is 19.0. The molecule has 3 aromatic carbocycles. The third-order valence-corrected chi connectivity index (χ3v) is 4.59. The number of ketones is 1. The average molecular weight is 395 g/mol. The first-order valence-corrected chi connectivity index (χ1v) is 9.30. The van der Waals surface area contributed by atoms with E-state index in [1.54, 1.807) is 16.8 Å². The van der Waals surface area contributed by atoms with Crippen molar-refractivity contribution >= 4 is 17.5 Å². The van der Waals surface area contributed by atoms with Crippen LogP contribution >= 0.6 is 0 Å². The van der Waals surface area contributed by atoms with Crippen molar-refractivity contribution in [1.29, 1.82) is 0 Å². The number of nitro groups is 1. The molecule has 0 aliphatic carbocycles. The predicted octanol–water partition coefficient (Wildman–Crippen LogP) is 5.34. The van der Waals surface area contributed by atoms with Crippen LogP contribution in [0.2, 0.25) is 0 Å². The van der Waals surface area contributed by atoms with Crippen LogP contribution in [0.3, 0.4) is 0 Å². The fourth-order valence-electron chi connectivity index (χ4n) is 3.14. The molecule has 0 fully saturated rings. The molecule has 30 heavy (non-hydrogen) atoms. The van der Waals surface area contributed by atoms with Crippen molar-refractivity contribution in [2.45, 2.75) is 0 Å².